The Kier molecular flexibility index (Phi) is 5.21. The van der Waals surface area contributed by atoms with Crippen molar-refractivity contribution in [2.75, 3.05) is 26.2 Å². The Balaban J connectivity index is 1.42. The minimum absolute atomic E-state index is 0.0963. The Hall–Kier alpha value is -2.25. The van der Waals surface area contributed by atoms with Crippen LogP contribution in [-0.4, -0.2) is 68.2 Å². The highest BCUT2D eigenvalue weighted by molar-refractivity contribution is 5.81. The number of carbonyl (C=O) groups is 1. The summed E-state index contributed by atoms with van der Waals surface area (Å²) in [5.41, 5.74) is -0.478. The first-order valence-electron chi connectivity index (χ1n) is 10.2. The summed E-state index contributed by atoms with van der Waals surface area (Å²) in [5, 5.41) is 11.6. The van der Waals surface area contributed by atoms with E-state index in [2.05, 4.69) is 9.88 Å². The van der Waals surface area contributed by atoms with Gasteiger partial charge in [0.1, 0.15) is 0 Å². The normalized spacial score (nSPS) is 21.1. The first-order valence-corrected chi connectivity index (χ1v) is 10.2. The highest BCUT2D eigenvalue weighted by atomic mass is 16.3. The van der Waals surface area contributed by atoms with E-state index < -0.39 is 5.60 Å². The Morgan fingerprint density at radius 2 is 1.86 bits per heavy atom. The maximum absolute atomic E-state index is 12.8. The first-order chi connectivity index (χ1) is 13.5. The minimum Gasteiger partial charge on any atom is -0.388 e. The number of aromatic nitrogens is 2. The SMILES string of the molecule is CC(C(=O)N1CCC(O)(Cn2cnc3ccccc3c2=O)CC1)N1CCCC1. The number of hydrogen-bond donors (Lipinski definition) is 1. The predicted octanol–water partition coefficient (Wildman–Crippen LogP) is 1.23. The number of fused-ring (bicyclic) bond motifs is 1. The molecular formula is C21H28N4O3. The number of para-hydroxylation sites is 1. The summed E-state index contributed by atoms with van der Waals surface area (Å²) in [4.78, 5) is 33.9. The molecule has 1 amide bonds. The fourth-order valence-electron chi connectivity index (χ4n) is 4.39. The molecule has 7 nitrogen and oxygen atoms in total. The van der Waals surface area contributed by atoms with Gasteiger partial charge in [-0.15, -0.1) is 0 Å². The minimum atomic E-state index is -0.998. The molecule has 28 heavy (non-hydrogen) atoms. The van der Waals surface area contributed by atoms with Crippen LogP contribution in [0.15, 0.2) is 35.4 Å². The molecule has 1 aromatic carbocycles. The molecule has 0 spiro atoms. The topological polar surface area (TPSA) is 78.7 Å². The van der Waals surface area contributed by atoms with Gasteiger partial charge in [-0.2, -0.15) is 0 Å². The van der Waals surface area contributed by atoms with Crippen molar-refractivity contribution < 1.29 is 9.90 Å². The monoisotopic (exact) mass is 384 g/mol. The standard InChI is InChI=1S/C21H28N4O3/c1-16(23-10-4-5-11-23)19(26)24-12-8-21(28,9-13-24)14-25-15-22-18-7-3-2-6-17(18)20(25)27/h2-3,6-7,15-16,28H,4-5,8-14H2,1H3. The summed E-state index contributed by atoms with van der Waals surface area (Å²) in [6.07, 6.45) is 4.75. The van der Waals surface area contributed by atoms with Crippen LogP contribution >= 0.6 is 0 Å². The van der Waals surface area contributed by atoms with Crippen molar-refractivity contribution in [3.63, 3.8) is 0 Å². The number of piperidine rings is 1. The molecule has 150 valence electrons. The molecule has 2 aliphatic rings. The molecule has 3 heterocycles. The van der Waals surface area contributed by atoms with E-state index in [-0.39, 0.29) is 24.1 Å². The van der Waals surface area contributed by atoms with Gasteiger partial charge in [0.25, 0.3) is 5.56 Å². The van der Waals surface area contributed by atoms with E-state index in [1.807, 2.05) is 24.0 Å². The third-order valence-electron chi connectivity index (χ3n) is 6.25. The molecule has 4 rings (SSSR count). The van der Waals surface area contributed by atoms with E-state index in [0.717, 1.165) is 25.9 Å². The molecule has 1 aromatic heterocycles. The number of aliphatic hydroxyl groups is 1. The van der Waals surface area contributed by atoms with Gasteiger partial charge in [-0.3, -0.25) is 19.1 Å². The zero-order chi connectivity index (χ0) is 19.7. The van der Waals surface area contributed by atoms with Crippen LogP contribution in [0.1, 0.15) is 32.6 Å². The number of amides is 1. The Morgan fingerprint density at radius 3 is 2.57 bits per heavy atom. The molecule has 2 aliphatic heterocycles. The lowest BCUT2D eigenvalue weighted by molar-refractivity contribution is -0.140. The number of likely N-dealkylation sites (tertiary alicyclic amines) is 2. The molecule has 0 saturated carbocycles. The second-order valence-electron chi connectivity index (χ2n) is 8.16. The average molecular weight is 384 g/mol. The molecular weight excluding hydrogens is 356 g/mol. The fraction of sp³-hybridized carbons (Fsp3) is 0.571. The lowest BCUT2D eigenvalue weighted by Crippen LogP contribution is -2.53. The van der Waals surface area contributed by atoms with E-state index in [4.69, 9.17) is 0 Å². The number of nitrogens with zero attached hydrogens (tertiary/aromatic N) is 4. The van der Waals surface area contributed by atoms with Crippen molar-refractivity contribution in [2.24, 2.45) is 0 Å². The van der Waals surface area contributed by atoms with Crippen molar-refractivity contribution in [1.29, 1.82) is 0 Å². The second kappa shape index (κ2) is 7.64. The molecule has 0 radical (unpaired) electrons. The number of hydrogen-bond acceptors (Lipinski definition) is 5. The van der Waals surface area contributed by atoms with E-state index in [1.165, 1.54) is 10.9 Å². The van der Waals surface area contributed by atoms with E-state index in [0.29, 0.717) is 36.8 Å². The quantitative estimate of drug-likeness (QED) is 0.858. The zero-order valence-corrected chi connectivity index (χ0v) is 16.4. The maximum Gasteiger partial charge on any atom is 0.261 e. The van der Waals surface area contributed by atoms with Crippen LogP contribution in [0, 0.1) is 0 Å². The maximum atomic E-state index is 12.8. The summed E-state index contributed by atoms with van der Waals surface area (Å²) in [7, 11) is 0. The smallest absolute Gasteiger partial charge is 0.261 e. The van der Waals surface area contributed by atoms with Gasteiger partial charge in [-0.05, 0) is 57.8 Å². The molecule has 0 aliphatic carbocycles. The summed E-state index contributed by atoms with van der Waals surface area (Å²) in [6, 6.07) is 7.13. The molecule has 2 fully saturated rings. The number of rotatable bonds is 4. The molecule has 0 bridgehead atoms. The van der Waals surface area contributed by atoms with Gasteiger partial charge in [0.15, 0.2) is 0 Å². The van der Waals surface area contributed by atoms with Crippen molar-refractivity contribution in [1.82, 2.24) is 19.4 Å². The van der Waals surface area contributed by atoms with Crippen LogP contribution in [0.2, 0.25) is 0 Å². The third kappa shape index (κ3) is 3.69. The third-order valence-corrected chi connectivity index (χ3v) is 6.25. The highest BCUT2D eigenvalue weighted by Gasteiger charge is 2.37. The summed E-state index contributed by atoms with van der Waals surface area (Å²) in [5.74, 6) is 0.147. The van der Waals surface area contributed by atoms with E-state index in [1.54, 1.807) is 12.1 Å². The predicted molar refractivity (Wildman–Crippen MR) is 107 cm³/mol. The van der Waals surface area contributed by atoms with Crippen LogP contribution in [0.4, 0.5) is 0 Å². The molecule has 7 heteroatoms. The lowest BCUT2D eigenvalue weighted by Gasteiger charge is -2.40. The molecule has 1 unspecified atom stereocenters. The summed E-state index contributed by atoms with van der Waals surface area (Å²) >= 11 is 0. The van der Waals surface area contributed by atoms with Crippen molar-refractivity contribution in [2.45, 2.75) is 50.8 Å². The Morgan fingerprint density at radius 1 is 1.18 bits per heavy atom. The van der Waals surface area contributed by atoms with Gasteiger partial charge in [0.2, 0.25) is 5.91 Å². The highest BCUT2D eigenvalue weighted by Crippen LogP contribution is 2.25. The van der Waals surface area contributed by atoms with Crippen LogP contribution in [-0.2, 0) is 11.3 Å². The van der Waals surface area contributed by atoms with Crippen molar-refractivity contribution in [3.8, 4) is 0 Å². The van der Waals surface area contributed by atoms with Crippen LogP contribution in [0.25, 0.3) is 10.9 Å². The molecule has 2 aromatic rings. The first kappa shape index (κ1) is 19.1. The molecule has 1 atom stereocenters. The van der Waals surface area contributed by atoms with Crippen LogP contribution in [0.3, 0.4) is 0 Å². The fourth-order valence-corrected chi connectivity index (χ4v) is 4.39. The number of benzene rings is 1. The van der Waals surface area contributed by atoms with Gasteiger partial charge in [0, 0.05) is 13.1 Å². The largest absolute Gasteiger partial charge is 0.388 e. The van der Waals surface area contributed by atoms with Crippen molar-refractivity contribution >= 4 is 16.8 Å². The molecule has 1 N–H and O–H groups in total. The van der Waals surface area contributed by atoms with Crippen LogP contribution < -0.4 is 5.56 Å². The second-order valence-corrected chi connectivity index (χ2v) is 8.16. The zero-order valence-electron chi connectivity index (χ0n) is 16.4. The average Bonchev–Trinajstić information content (AvgIpc) is 3.25. The van der Waals surface area contributed by atoms with Crippen LogP contribution in [0.5, 0.6) is 0 Å². The van der Waals surface area contributed by atoms with Crippen molar-refractivity contribution in [3.05, 3.63) is 40.9 Å². The summed E-state index contributed by atoms with van der Waals surface area (Å²) < 4.78 is 1.49. The Labute approximate surface area is 164 Å². The number of carbonyl (C=O) groups excluding carboxylic acids is 1. The van der Waals surface area contributed by atoms with Gasteiger partial charge in [0.05, 0.1) is 35.4 Å². The van der Waals surface area contributed by atoms with Gasteiger partial charge in [-0.25, -0.2) is 4.98 Å². The van der Waals surface area contributed by atoms with Gasteiger partial charge < -0.3 is 10.0 Å². The van der Waals surface area contributed by atoms with Gasteiger partial charge in [-0.1, -0.05) is 12.1 Å². The lowest BCUT2D eigenvalue weighted by atomic mass is 9.91. The Bertz CT molecular complexity index is 911. The van der Waals surface area contributed by atoms with Gasteiger partial charge >= 0.3 is 0 Å². The molecule has 2 saturated heterocycles. The summed E-state index contributed by atoms with van der Waals surface area (Å²) in [6.45, 7) is 5.19. The van der Waals surface area contributed by atoms with E-state index >= 15 is 0 Å². The van der Waals surface area contributed by atoms with E-state index in [9.17, 15) is 14.7 Å².